The molecule has 0 amide bonds. The van der Waals surface area contributed by atoms with Crippen molar-refractivity contribution in [3.8, 4) is 24.8 Å². The first-order valence-electron chi connectivity index (χ1n) is 2.21. The number of nitrogens with two attached hydrogens (primary N) is 1. The Morgan fingerprint density at radius 1 is 0.692 bits per heavy atom. The van der Waals surface area contributed by atoms with Crippen LogP contribution in [0.15, 0.2) is 0 Å². The Morgan fingerprint density at radius 3 is 0.846 bits per heavy atom. The molecule has 0 atom stereocenters. The summed E-state index contributed by atoms with van der Waals surface area (Å²) in [6.07, 6.45) is 0. The van der Waals surface area contributed by atoms with Crippen molar-refractivity contribution in [3.63, 3.8) is 0 Å². The number of hydrogen-bond donors (Lipinski definition) is 1. The molecule has 2 N–H and O–H groups in total. The molecule has 0 saturated carbocycles. The summed E-state index contributed by atoms with van der Waals surface area (Å²) in [6.45, 7) is 0. The van der Waals surface area contributed by atoms with Gasteiger partial charge in [-0.1, -0.05) is 0 Å². The average Bonchev–Trinajstić information content (AvgIpc) is 2.19. The second-order valence-corrected chi connectivity index (χ2v) is 7.38. The van der Waals surface area contributed by atoms with Gasteiger partial charge >= 0.3 is 96.4 Å². The predicted octanol–water partition coefficient (Wildman–Crippen LogP) is -1.16. The Hall–Kier alpha value is -1.07. The molecule has 0 rings (SSSR count). The van der Waals surface area contributed by atoms with Crippen LogP contribution in [0, 0.1) is 51.1 Å². The fourth-order valence-corrected chi connectivity index (χ4v) is 0.729. The second-order valence-electron chi connectivity index (χ2n) is 1.79. The van der Waals surface area contributed by atoms with Crippen LogP contribution < -0.4 is 4.75 Å². The van der Waals surface area contributed by atoms with Gasteiger partial charge in [-0.3, -0.25) is 0 Å². The van der Waals surface area contributed by atoms with Gasteiger partial charge in [0, 0.05) is 0 Å². The molecule has 0 unspecified atom stereocenters. The fraction of sp³-hybridized carbons (Fsp3) is 0. The van der Waals surface area contributed by atoms with Crippen molar-refractivity contribution in [1.29, 1.82) is 26.3 Å². The van der Waals surface area contributed by atoms with E-state index in [1.165, 1.54) is 0 Å². The molecule has 0 spiro atoms. The molecule has 13 heavy (non-hydrogen) atoms. The molecular weight excluding hydrogens is 223 g/mol. The van der Waals surface area contributed by atoms with E-state index >= 15 is 0 Å². The summed E-state index contributed by atoms with van der Waals surface area (Å²) >= 11 is 0. The number of nitriles is 5. The Bertz CT molecular complexity index is 353. The second kappa shape index (κ2) is 3.01. The maximum atomic E-state index is 8.49. The van der Waals surface area contributed by atoms with E-state index in [9.17, 15) is 0 Å². The summed E-state index contributed by atoms with van der Waals surface area (Å²) in [5, 5.41) is 42.4. The van der Waals surface area contributed by atoms with Crippen molar-refractivity contribution < 1.29 is 11.0 Å². The van der Waals surface area contributed by atoms with E-state index < -0.39 is 11.0 Å². The topological polar surface area (TPSA) is 145 Å². The van der Waals surface area contributed by atoms with Gasteiger partial charge in [-0.25, -0.2) is 0 Å². The summed E-state index contributed by atoms with van der Waals surface area (Å²) in [7, 11) is -5.93. The third-order valence-electron chi connectivity index (χ3n) is 1.02. The fourth-order valence-electron chi connectivity index (χ4n) is 0.177. The summed E-state index contributed by atoms with van der Waals surface area (Å²) in [4.78, 5) is 5.42. The molecule has 62 valence electrons. The van der Waals surface area contributed by atoms with E-state index in [0.29, 0.717) is 0 Å². The minimum absolute atomic E-state index is 0. The standard InChI is InChI=1S/5CN.Fe.H2N.Na.H/c5*1-2;;;;/h;;;;;;1H2;;/q;;;;;+1;-1;;. The molecule has 8 heteroatoms. The Morgan fingerprint density at radius 2 is 0.846 bits per heavy atom. The van der Waals surface area contributed by atoms with Gasteiger partial charge in [0.05, 0.1) is 0 Å². The molecule has 0 fully saturated rings. The van der Waals surface area contributed by atoms with Gasteiger partial charge in [-0.2, -0.15) is 0 Å². The third kappa shape index (κ3) is 1.52. The SMILES string of the molecule is N#[C][Fe]([NH2])([C]#N)([C]#N)([C]#N)[C]#N.[NaH]. The number of rotatable bonds is 0. The van der Waals surface area contributed by atoms with Gasteiger partial charge in [0.15, 0.2) is 0 Å². The Kier molecular flexibility index (Phi) is 3.34. The van der Waals surface area contributed by atoms with Crippen molar-refractivity contribution in [2.75, 3.05) is 0 Å². The molecule has 0 radical (unpaired) electrons. The number of hydrogen-bond acceptors (Lipinski definition) is 6. The Labute approximate surface area is 95.8 Å². The third-order valence-corrected chi connectivity index (χ3v) is 4.20. The monoisotopic (exact) mass is 226 g/mol. The van der Waals surface area contributed by atoms with Gasteiger partial charge in [0.25, 0.3) is 0 Å². The first-order chi connectivity index (χ1) is 5.39. The van der Waals surface area contributed by atoms with Crippen molar-refractivity contribution in [2.45, 2.75) is 0 Å². The van der Waals surface area contributed by atoms with Gasteiger partial charge in [0.1, 0.15) is 0 Å². The predicted molar refractivity (Wildman–Crippen MR) is 39.4 cm³/mol. The Balaban J connectivity index is 0. The van der Waals surface area contributed by atoms with Crippen LogP contribution >= 0.6 is 0 Å². The van der Waals surface area contributed by atoms with Crippen LogP contribution in [-0.2, 0) is 11.0 Å². The minimum atomic E-state index is -5.93. The van der Waals surface area contributed by atoms with Gasteiger partial charge in [-0.05, 0) is 0 Å². The normalized spacial score (nSPS) is 13.2. The van der Waals surface area contributed by atoms with Crippen LogP contribution in [0.3, 0.4) is 0 Å². The molecule has 0 saturated heterocycles. The quantitative estimate of drug-likeness (QED) is 0.515. The summed E-state index contributed by atoms with van der Waals surface area (Å²) in [5.74, 6) is 0. The molecule has 0 aliphatic carbocycles. The van der Waals surface area contributed by atoms with Crippen LogP contribution in [0.5, 0.6) is 0 Å². The molecular formula is C5H3FeN6Na. The zero-order chi connectivity index (χ0) is 9.94. The van der Waals surface area contributed by atoms with Crippen LogP contribution in [-0.4, -0.2) is 29.6 Å². The zero-order valence-corrected chi connectivity index (χ0v) is 6.77. The molecule has 0 aromatic heterocycles. The van der Waals surface area contributed by atoms with Crippen molar-refractivity contribution in [1.82, 2.24) is 0 Å². The van der Waals surface area contributed by atoms with Crippen molar-refractivity contribution >= 4 is 29.6 Å². The molecule has 0 heterocycles. The first-order valence-corrected chi connectivity index (χ1v) is 5.60. The van der Waals surface area contributed by atoms with E-state index in [2.05, 4.69) is 0 Å². The average molecular weight is 226 g/mol. The molecule has 0 aromatic rings. The van der Waals surface area contributed by atoms with Crippen LogP contribution in [0.25, 0.3) is 0 Å². The molecule has 0 bridgehead atoms. The van der Waals surface area contributed by atoms with E-state index in [0.717, 1.165) is 24.8 Å². The van der Waals surface area contributed by atoms with Gasteiger partial charge in [0.2, 0.25) is 0 Å². The van der Waals surface area contributed by atoms with Gasteiger partial charge < -0.3 is 0 Å². The summed E-state index contributed by atoms with van der Waals surface area (Å²) in [5.41, 5.74) is 0. The van der Waals surface area contributed by atoms with Crippen molar-refractivity contribution in [3.05, 3.63) is 0 Å². The van der Waals surface area contributed by atoms with Crippen LogP contribution in [0.2, 0.25) is 0 Å². The van der Waals surface area contributed by atoms with E-state index in [1.54, 1.807) is 0 Å². The summed E-state index contributed by atoms with van der Waals surface area (Å²) in [6, 6.07) is 0. The molecule has 0 aromatic carbocycles. The zero-order valence-electron chi connectivity index (χ0n) is 5.67. The summed E-state index contributed by atoms with van der Waals surface area (Å²) < 4.78 is 5.08. The molecule has 6 nitrogen and oxygen atoms in total. The van der Waals surface area contributed by atoms with Crippen LogP contribution in [0.4, 0.5) is 0 Å². The van der Waals surface area contributed by atoms with Gasteiger partial charge in [-0.15, -0.1) is 0 Å². The van der Waals surface area contributed by atoms with Crippen molar-refractivity contribution in [2.24, 2.45) is 4.75 Å². The molecule has 0 aliphatic rings. The van der Waals surface area contributed by atoms with E-state index in [1.807, 2.05) is 0 Å². The first kappa shape index (κ1) is 14.5. The van der Waals surface area contributed by atoms with Crippen LogP contribution in [0.1, 0.15) is 0 Å². The van der Waals surface area contributed by atoms with E-state index in [4.69, 9.17) is 31.1 Å². The molecule has 0 aliphatic heterocycles. The number of nitrogens with zero attached hydrogens (tertiary/aromatic N) is 5. The maximum absolute atomic E-state index is 8.49. The van der Waals surface area contributed by atoms with E-state index in [-0.39, 0.29) is 29.6 Å².